The maximum atomic E-state index is 6.21. The van der Waals surface area contributed by atoms with E-state index in [-0.39, 0.29) is 0 Å². The van der Waals surface area contributed by atoms with Crippen molar-refractivity contribution in [1.29, 1.82) is 0 Å². The predicted octanol–water partition coefficient (Wildman–Crippen LogP) is 6.01. The fraction of sp³-hybridized carbons (Fsp3) is 0.333. The van der Waals surface area contributed by atoms with E-state index in [1.807, 2.05) is 62.4 Å². The minimum Gasteiger partial charge on any atom is -0.494 e. The Morgan fingerprint density at radius 1 is 0.917 bits per heavy atom. The highest BCUT2D eigenvalue weighted by Crippen LogP contribution is 2.43. The van der Waals surface area contributed by atoms with E-state index < -0.39 is 9.83 Å². The van der Waals surface area contributed by atoms with Gasteiger partial charge in [0.25, 0.3) is 0 Å². The van der Waals surface area contributed by atoms with Crippen molar-refractivity contribution >= 4 is 40.5 Å². The van der Waals surface area contributed by atoms with Crippen LogP contribution in [0.2, 0.25) is 0 Å². The molecule has 1 atom stereocenters. The van der Waals surface area contributed by atoms with Crippen molar-refractivity contribution in [3.63, 3.8) is 0 Å². The Bertz CT molecular complexity index is 641. The molecule has 0 aliphatic rings. The van der Waals surface area contributed by atoms with Gasteiger partial charge in [0.2, 0.25) is 3.79 Å². The van der Waals surface area contributed by atoms with Gasteiger partial charge in [-0.2, -0.15) is 0 Å². The molecule has 2 aromatic carbocycles. The summed E-state index contributed by atoms with van der Waals surface area (Å²) in [5.74, 6) is 1.49. The molecule has 0 aliphatic heterocycles. The molecular weight excluding hydrogens is 369 g/mol. The highest BCUT2D eigenvalue weighted by molar-refractivity contribution is 6.68. The molecule has 6 heteroatoms. The van der Waals surface area contributed by atoms with Crippen LogP contribution in [0.5, 0.6) is 11.5 Å². The van der Waals surface area contributed by atoms with Crippen LogP contribution in [0, 0.1) is 0 Å². The summed E-state index contributed by atoms with van der Waals surface area (Å²) in [6.45, 7) is 5.02. The first-order valence-electron chi connectivity index (χ1n) is 7.73. The smallest absolute Gasteiger partial charge is 0.214 e. The first-order chi connectivity index (χ1) is 11.5. The summed E-state index contributed by atoms with van der Waals surface area (Å²) in [7, 11) is 0. The second-order valence-electron chi connectivity index (χ2n) is 5.05. The van der Waals surface area contributed by atoms with Gasteiger partial charge in [-0.05, 0) is 43.7 Å². The van der Waals surface area contributed by atoms with Gasteiger partial charge in [-0.1, -0.05) is 59.1 Å². The predicted molar refractivity (Wildman–Crippen MR) is 102 cm³/mol. The van der Waals surface area contributed by atoms with E-state index in [4.69, 9.17) is 44.3 Å². The Kier molecular flexibility index (Phi) is 6.90. The second-order valence-corrected chi connectivity index (χ2v) is 7.42. The number of anilines is 1. The number of ether oxygens (including phenoxy) is 2. The van der Waals surface area contributed by atoms with Crippen LogP contribution in [0.4, 0.5) is 5.69 Å². The molecule has 130 valence electrons. The fourth-order valence-electron chi connectivity index (χ4n) is 2.30. The van der Waals surface area contributed by atoms with Crippen molar-refractivity contribution in [1.82, 2.24) is 0 Å². The molecule has 2 aromatic rings. The van der Waals surface area contributed by atoms with Crippen molar-refractivity contribution in [2.45, 2.75) is 23.7 Å². The van der Waals surface area contributed by atoms with E-state index in [9.17, 15) is 0 Å². The van der Waals surface area contributed by atoms with Crippen LogP contribution in [-0.2, 0) is 0 Å². The summed E-state index contributed by atoms with van der Waals surface area (Å²) in [5, 5.41) is 3.28. The number of rotatable bonds is 7. The highest BCUT2D eigenvalue weighted by Gasteiger charge is 2.34. The normalized spacial score (nSPS) is 12.5. The average molecular weight is 389 g/mol. The van der Waals surface area contributed by atoms with Crippen LogP contribution in [0.1, 0.15) is 25.5 Å². The van der Waals surface area contributed by atoms with Gasteiger partial charge in [0.1, 0.15) is 11.5 Å². The summed E-state index contributed by atoms with van der Waals surface area (Å²) >= 11 is 18.6. The highest BCUT2D eigenvalue weighted by atomic mass is 35.6. The topological polar surface area (TPSA) is 30.5 Å². The Labute approximate surface area is 157 Å². The molecule has 0 heterocycles. The molecule has 24 heavy (non-hydrogen) atoms. The monoisotopic (exact) mass is 387 g/mol. The molecule has 0 saturated heterocycles. The van der Waals surface area contributed by atoms with Gasteiger partial charge < -0.3 is 14.8 Å². The van der Waals surface area contributed by atoms with Crippen molar-refractivity contribution < 1.29 is 9.47 Å². The van der Waals surface area contributed by atoms with Crippen molar-refractivity contribution in [3.8, 4) is 11.5 Å². The summed E-state index contributed by atoms with van der Waals surface area (Å²) in [5.41, 5.74) is 1.61. The van der Waals surface area contributed by atoms with Gasteiger partial charge in [-0.3, -0.25) is 0 Å². The van der Waals surface area contributed by atoms with Crippen molar-refractivity contribution in [3.05, 3.63) is 54.1 Å². The molecule has 0 bridgehead atoms. The minimum atomic E-state index is -1.54. The van der Waals surface area contributed by atoms with E-state index in [1.165, 1.54) is 0 Å². The second kappa shape index (κ2) is 8.70. The molecule has 0 aliphatic carbocycles. The molecular formula is C18H20Cl3NO2. The molecule has 1 N–H and O–H groups in total. The van der Waals surface area contributed by atoms with Crippen LogP contribution < -0.4 is 14.8 Å². The molecule has 0 saturated carbocycles. The van der Waals surface area contributed by atoms with E-state index in [0.29, 0.717) is 19.0 Å². The lowest BCUT2D eigenvalue weighted by Crippen LogP contribution is -2.25. The number of para-hydroxylation sites is 2. The van der Waals surface area contributed by atoms with Gasteiger partial charge >= 0.3 is 0 Å². The van der Waals surface area contributed by atoms with Crippen molar-refractivity contribution in [2.75, 3.05) is 18.5 Å². The van der Waals surface area contributed by atoms with Crippen molar-refractivity contribution in [2.24, 2.45) is 0 Å². The van der Waals surface area contributed by atoms with E-state index >= 15 is 0 Å². The molecule has 1 unspecified atom stereocenters. The Hall–Kier alpha value is -1.29. The van der Waals surface area contributed by atoms with Crippen LogP contribution in [-0.4, -0.2) is 17.0 Å². The van der Waals surface area contributed by atoms with E-state index in [2.05, 4.69) is 5.32 Å². The lowest BCUT2D eigenvalue weighted by molar-refractivity contribution is 0.340. The van der Waals surface area contributed by atoms with Crippen LogP contribution in [0.25, 0.3) is 0 Å². The Morgan fingerprint density at radius 2 is 1.54 bits per heavy atom. The Balaban J connectivity index is 2.30. The van der Waals surface area contributed by atoms with E-state index in [0.717, 1.165) is 17.0 Å². The molecule has 2 rings (SSSR count). The van der Waals surface area contributed by atoms with Gasteiger partial charge in [0.15, 0.2) is 0 Å². The zero-order valence-corrected chi connectivity index (χ0v) is 15.8. The third-order valence-corrected chi connectivity index (χ3v) is 3.99. The van der Waals surface area contributed by atoms with Crippen LogP contribution in [0.15, 0.2) is 48.5 Å². The van der Waals surface area contributed by atoms with Gasteiger partial charge in [-0.15, -0.1) is 0 Å². The number of alkyl halides is 3. The van der Waals surface area contributed by atoms with Gasteiger partial charge in [-0.25, -0.2) is 0 Å². The Morgan fingerprint density at radius 3 is 2.12 bits per heavy atom. The third kappa shape index (κ3) is 5.10. The van der Waals surface area contributed by atoms with Crippen LogP contribution in [0.3, 0.4) is 0 Å². The first kappa shape index (κ1) is 19.0. The number of benzene rings is 2. The number of halogens is 3. The fourth-order valence-corrected chi connectivity index (χ4v) is 2.84. The molecule has 0 radical (unpaired) electrons. The number of hydrogen-bond acceptors (Lipinski definition) is 3. The SMILES string of the molecule is CCOc1ccc(C(Nc2ccccc2OCC)C(Cl)(Cl)Cl)cc1. The van der Waals surface area contributed by atoms with Gasteiger partial charge in [0, 0.05) is 0 Å². The molecule has 0 spiro atoms. The summed E-state index contributed by atoms with van der Waals surface area (Å²) < 4.78 is 9.55. The molecule has 0 fully saturated rings. The van der Waals surface area contributed by atoms with E-state index in [1.54, 1.807) is 0 Å². The summed E-state index contributed by atoms with van der Waals surface area (Å²) in [4.78, 5) is 0. The maximum Gasteiger partial charge on any atom is 0.214 e. The average Bonchev–Trinajstić information content (AvgIpc) is 2.54. The number of hydrogen-bond donors (Lipinski definition) is 1. The lowest BCUT2D eigenvalue weighted by Gasteiger charge is -2.28. The molecule has 0 amide bonds. The lowest BCUT2D eigenvalue weighted by atomic mass is 10.1. The maximum absolute atomic E-state index is 6.21. The van der Waals surface area contributed by atoms with Crippen LogP contribution >= 0.6 is 34.8 Å². The minimum absolute atomic E-state index is 0.542. The quantitative estimate of drug-likeness (QED) is 0.589. The third-order valence-electron chi connectivity index (χ3n) is 3.34. The molecule has 3 nitrogen and oxygen atoms in total. The summed E-state index contributed by atoms with van der Waals surface area (Å²) in [6, 6.07) is 14.5. The first-order valence-corrected chi connectivity index (χ1v) is 8.87. The van der Waals surface area contributed by atoms with Gasteiger partial charge in [0.05, 0.1) is 24.9 Å². The zero-order valence-electron chi connectivity index (χ0n) is 13.6. The molecule has 0 aromatic heterocycles. The standard InChI is InChI=1S/C18H20Cl3NO2/c1-3-23-14-11-9-13(10-12-14)17(18(19,20)21)22-15-7-5-6-8-16(15)24-4-2/h5-12,17,22H,3-4H2,1-2H3. The zero-order chi connectivity index (χ0) is 17.6. The largest absolute Gasteiger partial charge is 0.494 e. The summed E-state index contributed by atoms with van der Waals surface area (Å²) in [6.07, 6.45) is 0. The number of nitrogens with one attached hydrogen (secondary N) is 1.